The van der Waals surface area contributed by atoms with Crippen LogP contribution in [0.15, 0.2) is 12.1 Å². The molecule has 1 rings (SSSR count). The summed E-state index contributed by atoms with van der Waals surface area (Å²) in [6.45, 7) is 7.82. The maximum absolute atomic E-state index is 13.1. The van der Waals surface area contributed by atoms with Gasteiger partial charge in [-0.05, 0) is 55.0 Å². The van der Waals surface area contributed by atoms with Crippen LogP contribution in [0.2, 0.25) is 0 Å². The van der Waals surface area contributed by atoms with Gasteiger partial charge in [-0.3, -0.25) is 0 Å². The normalized spacial score (nSPS) is 13.3. The van der Waals surface area contributed by atoms with Crippen molar-refractivity contribution in [1.29, 1.82) is 0 Å². The molecule has 84 valence electrons. The van der Waals surface area contributed by atoms with E-state index in [9.17, 15) is 9.50 Å². The van der Waals surface area contributed by atoms with Gasteiger partial charge in [0.15, 0.2) is 0 Å². The highest BCUT2D eigenvalue weighted by Crippen LogP contribution is 2.27. The molecule has 0 bridgehead atoms. The van der Waals surface area contributed by atoms with E-state index in [1.807, 2.05) is 13.8 Å². The van der Waals surface area contributed by atoms with Gasteiger partial charge in [0.05, 0.1) is 6.10 Å². The average Bonchev–Trinajstić information content (AvgIpc) is 1.99. The molecule has 0 heterocycles. The number of hydrogen-bond donors (Lipinski definition) is 1. The van der Waals surface area contributed by atoms with Crippen LogP contribution in [0.25, 0.3) is 0 Å². The Morgan fingerprint density at radius 3 is 2.07 bits per heavy atom. The highest BCUT2D eigenvalue weighted by atomic mass is 19.1. The molecule has 0 spiro atoms. The van der Waals surface area contributed by atoms with Crippen LogP contribution < -0.4 is 0 Å². The molecule has 1 nitrogen and oxygen atoms in total. The Labute approximate surface area is 90.9 Å². The molecule has 2 heteroatoms. The summed E-state index contributed by atoms with van der Waals surface area (Å²) < 4.78 is 13.1. The predicted molar refractivity (Wildman–Crippen MR) is 60.3 cm³/mol. The molecule has 0 aromatic heterocycles. The molecule has 0 amide bonds. The van der Waals surface area contributed by atoms with Gasteiger partial charge >= 0.3 is 0 Å². The van der Waals surface area contributed by atoms with E-state index in [0.717, 1.165) is 16.7 Å². The Kier molecular flexibility index (Phi) is 3.86. The predicted octanol–water partition coefficient (Wildman–Crippen LogP) is 3.52. The lowest BCUT2D eigenvalue weighted by atomic mass is 9.92. The van der Waals surface area contributed by atoms with Gasteiger partial charge in [0, 0.05) is 0 Å². The zero-order valence-electron chi connectivity index (χ0n) is 9.84. The van der Waals surface area contributed by atoms with E-state index < -0.39 is 6.10 Å². The third-order valence-electron chi connectivity index (χ3n) is 2.59. The molecule has 1 N–H and O–H groups in total. The first-order valence-electron chi connectivity index (χ1n) is 5.36. The minimum atomic E-state index is -0.481. The van der Waals surface area contributed by atoms with Crippen molar-refractivity contribution >= 4 is 0 Å². The van der Waals surface area contributed by atoms with Crippen molar-refractivity contribution in [2.24, 2.45) is 5.92 Å². The standard InChI is InChI=1S/C13H19FO/c1-8(2)5-12(15)13-9(3)6-11(14)7-10(13)4/h6-8,12,15H,5H2,1-4H3. The van der Waals surface area contributed by atoms with Crippen LogP contribution in [0, 0.1) is 25.6 Å². The topological polar surface area (TPSA) is 20.2 Å². The second-order valence-electron chi connectivity index (χ2n) is 4.60. The first kappa shape index (κ1) is 12.2. The van der Waals surface area contributed by atoms with Gasteiger partial charge in [-0.1, -0.05) is 13.8 Å². The summed E-state index contributed by atoms with van der Waals surface area (Å²) in [6, 6.07) is 2.96. The van der Waals surface area contributed by atoms with Crippen molar-refractivity contribution in [3.05, 3.63) is 34.6 Å². The molecule has 1 aromatic rings. The fourth-order valence-corrected chi connectivity index (χ4v) is 2.01. The lowest BCUT2D eigenvalue weighted by molar-refractivity contribution is 0.149. The largest absolute Gasteiger partial charge is 0.388 e. The molecule has 0 saturated heterocycles. The summed E-state index contributed by atoms with van der Waals surface area (Å²) in [6.07, 6.45) is 0.235. The first-order valence-corrected chi connectivity index (χ1v) is 5.36. The van der Waals surface area contributed by atoms with Crippen LogP contribution in [-0.2, 0) is 0 Å². The number of benzene rings is 1. The quantitative estimate of drug-likeness (QED) is 0.809. The van der Waals surface area contributed by atoms with Crippen molar-refractivity contribution in [3.8, 4) is 0 Å². The van der Waals surface area contributed by atoms with Crippen LogP contribution >= 0.6 is 0 Å². The van der Waals surface area contributed by atoms with E-state index in [-0.39, 0.29) is 5.82 Å². The molecular weight excluding hydrogens is 191 g/mol. The molecule has 0 aliphatic rings. The molecule has 15 heavy (non-hydrogen) atoms. The molecule has 0 aliphatic carbocycles. The summed E-state index contributed by atoms with van der Waals surface area (Å²) >= 11 is 0. The van der Waals surface area contributed by atoms with Gasteiger partial charge in [-0.2, -0.15) is 0 Å². The summed E-state index contributed by atoms with van der Waals surface area (Å²) in [7, 11) is 0. The molecule has 0 fully saturated rings. The molecule has 0 radical (unpaired) electrons. The van der Waals surface area contributed by atoms with Crippen molar-refractivity contribution in [2.75, 3.05) is 0 Å². The first-order chi connectivity index (χ1) is 6.91. The van der Waals surface area contributed by atoms with Crippen LogP contribution in [0.5, 0.6) is 0 Å². The van der Waals surface area contributed by atoms with Gasteiger partial charge in [0.25, 0.3) is 0 Å². The third kappa shape index (κ3) is 3.03. The van der Waals surface area contributed by atoms with Crippen LogP contribution in [0.1, 0.15) is 43.1 Å². The van der Waals surface area contributed by atoms with Crippen molar-refractivity contribution < 1.29 is 9.50 Å². The lowest BCUT2D eigenvalue weighted by Crippen LogP contribution is -2.06. The Morgan fingerprint density at radius 2 is 1.67 bits per heavy atom. The zero-order chi connectivity index (χ0) is 11.6. The van der Waals surface area contributed by atoms with Gasteiger partial charge in [0.1, 0.15) is 5.82 Å². The Hall–Kier alpha value is -0.890. The van der Waals surface area contributed by atoms with E-state index in [4.69, 9.17) is 0 Å². The van der Waals surface area contributed by atoms with Crippen molar-refractivity contribution in [1.82, 2.24) is 0 Å². The van der Waals surface area contributed by atoms with Gasteiger partial charge in [-0.15, -0.1) is 0 Å². The second-order valence-corrected chi connectivity index (χ2v) is 4.60. The number of aliphatic hydroxyl groups excluding tert-OH is 1. The fraction of sp³-hybridized carbons (Fsp3) is 0.538. The molecule has 1 aromatic carbocycles. The minimum Gasteiger partial charge on any atom is -0.388 e. The van der Waals surface area contributed by atoms with E-state index in [1.165, 1.54) is 12.1 Å². The third-order valence-corrected chi connectivity index (χ3v) is 2.59. The molecule has 0 saturated carbocycles. The van der Waals surface area contributed by atoms with Gasteiger partial charge in [-0.25, -0.2) is 4.39 Å². The van der Waals surface area contributed by atoms with Crippen molar-refractivity contribution in [3.63, 3.8) is 0 Å². The fourth-order valence-electron chi connectivity index (χ4n) is 2.01. The molecule has 1 atom stereocenters. The number of aliphatic hydroxyl groups is 1. The van der Waals surface area contributed by atoms with Crippen LogP contribution in [-0.4, -0.2) is 5.11 Å². The summed E-state index contributed by atoms with van der Waals surface area (Å²) in [5.41, 5.74) is 2.55. The molecular formula is C13H19FO. The van der Waals surface area contributed by atoms with Crippen LogP contribution in [0.3, 0.4) is 0 Å². The number of rotatable bonds is 3. The number of aryl methyl sites for hydroxylation is 2. The SMILES string of the molecule is Cc1cc(F)cc(C)c1C(O)CC(C)C. The van der Waals surface area contributed by atoms with Crippen molar-refractivity contribution in [2.45, 2.75) is 40.2 Å². The summed E-state index contributed by atoms with van der Waals surface area (Å²) in [5, 5.41) is 10.0. The monoisotopic (exact) mass is 210 g/mol. The maximum atomic E-state index is 13.1. The van der Waals surface area contributed by atoms with E-state index >= 15 is 0 Å². The number of halogens is 1. The van der Waals surface area contributed by atoms with Gasteiger partial charge in [0.2, 0.25) is 0 Å². The number of hydrogen-bond acceptors (Lipinski definition) is 1. The maximum Gasteiger partial charge on any atom is 0.123 e. The smallest absolute Gasteiger partial charge is 0.123 e. The highest BCUT2D eigenvalue weighted by Gasteiger charge is 2.15. The van der Waals surface area contributed by atoms with Gasteiger partial charge < -0.3 is 5.11 Å². The van der Waals surface area contributed by atoms with Crippen LogP contribution in [0.4, 0.5) is 4.39 Å². The van der Waals surface area contributed by atoms with E-state index in [0.29, 0.717) is 12.3 Å². The zero-order valence-corrected chi connectivity index (χ0v) is 9.84. The summed E-state index contributed by atoms with van der Waals surface area (Å²) in [5.74, 6) is 0.203. The summed E-state index contributed by atoms with van der Waals surface area (Å²) in [4.78, 5) is 0. The minimum absolute atomic E-state index is 0.231. The highest BCUT2D eigenvalue weighted by molar-refractivity contribution is 5.36. The lowest BCUT2D eigenvalue weighted by Gasteiger charge is -2.18. The Morgan fingerprint density at radius 1 is 1.20 bits per heavy atom. The Bertz CT molecular complexity index is 321. The molecule has 0 aliphatic heterocycles. The van der Waals surface area contributed by atoms with E-state index in [1.54, 1.807) is 0 Å². The molecule has 1 unspecified atom stereocenters. The Balaban J connectivity index is 3.03. The second kappa shape index (κ2) is 4.75. The average molecular weight is 210 g/mol. The van der Waals surface area contributed by atoms with E-state index in [2.05, 4.69) is 13.8 Å².